The fraction of sp³-hybridized carbons (Fsp3) is 0.583. The van der Waals surface area contributed by atoms with Crippen molar-refractivity contribution in [3.8, 4) is 0 Å². The van der Waals surface area contributed by atoms with Crippen molar-refractivity contribution in [3.05, 3.63) is 29.6 Å². The number of hydrogen-bond acceptors (Lipinski definition) is 5. The number of morpholine rings is 1. The predicted octanol–water partition coefficient (Wildman–Crippen LogP) is 0.227. The second-order valence-electron chi connectivity index (χ2n) is 4.25. The van der Waals surface area contributed by atoms with Crippen LogP contribution in [-0.2, 0) is 4.74 Å². The Morgan fingerprint density at radius 2 is 2.29 bits per heavy atom. The summed E-state index contributed by atoms with van der Waals surface area (Å²) in [6.45, 7) is 5.99. The maximum absolute atomic E-state index is 5.84. The van der Waals surface area contributed by atoms with Gasteiger partial charge in [-0.3, -0.25) is 4.98 Å². The molecule has 1 aromatic heterocycles. The van der Waals surface area contributed by atoms with E-state index in [9.17, 15) is 0 Å². The van der Waals surface area contributed by atoms with Crippen LogP contribution in [0.15, 0.2) is 18.5 Å². The number of aryl methyl sites for hydroxylation is 1. The Bertz CT molecular complexity index is 352. The van der Waals surface area contributed by atoms with Gasteiger partial charge in [-0.15, -0.1) is 0 Å². The molecule has 0 saturated carbocycles. The molecule has 5 nitrogen and oxygen atoms in total. The minimum Gasteiger partial charge on any atom is -0.379 e. The van der Waals surface area contributed by atoms with Crippen molar-refractivity contribution in [2.75, 3.05) is 32.8 Å². The molecule has 17 heavy (non-hydrogen) atoms. The van der Waals surface area contributed by atoms with Crippen molar-refractivity contribution in [1.29, 1.82) is 0 Å². The summed E-state index contributed by atoms with van der Waals surface area (Å²) in [6.07, 6.45) is 3.70. The summed E-state index contributed by atoms with van der Waals surface area (Å²) in [7, 11) is 0. The number of nitrogens with one attached hydrogen (secondary N) is 1. The van der Waals surface area contributed by atoms with E-state index in [0.717, 1.165) is 26.3 Å². The second-order valence-corrected chi connectivity index (χ2v) is 4.25. The molecular formula is C12H20N4O. The summed E-state index contributed by atoms with van der Waals surface area (Å²) in [5.74, 6) is 0. The van der Waals surface area contributed by atoms with Crippen LogP contribution in [0.2, 0.25) is 0 Å². The zero-order valence-corrected chi connectivity index (χ0v) is 10.2. The summed E-state index contributed by atoms with van der Waals surface area (Å²) in [6, 6.07) is 2.14. The number of nitrogens with two attached hydrogens (primary N) is 1. The number of rotatable bonds is 4. The lowest BCUT2D eigenvalue weighted by Crippen LogP contribution is -2.48. The van der Waals surface area contributed by atoms with Gasteiger partial charge in [-0.2, -0.15) is 0 Å². The minimum absolute atomic E-state index is 0.127. The summed E-state index contributed by atoms with van der Waals surface area (Å²) in [5.41, 5.74) is 11.7. The summed E-state index contributed by atoms with van der Waals surface area (Å²) in [5, 5.41) is 2.17. The van der Waals surface area contributed by atoms with Crippen LogP contribution in [0, 0.1) is 6.92 Å². The fourth-order valence-corrected chi connectivity index (χ4v) is 2.00. The van der Waals surface area contributed by atoms with E-state index in [-0.39, 0.29) is 6.04 Å². The first kappa shape index (κ1) is 12.4. The van der Waals surface area contributed by atoms with E-state index >= 15 is 0 Å². The van der Waals surface area contributed by atoms with Crippen LogP contribution in [0.3, 0.4) is 0 Å². The third-order valence-corrected chi connectivity index (χ3v) is 3.04. The van der Waals surface area contributed by atoms with Gasteiger partial charge in [0.25, 0.3) is 0 Å². The van der Waals surface area contributed by atoms with Crippen LogP contribution in [-0.4, -0.2) is 42.8 Å². The molecule has 1 aromatic rings. The van der Waals surface area contributed by atoms with Crippen LogP contribution in [0.25, 0.3) is 0 Å². The molecule has 1 fully saturated rings. The molecule has 0 bridgehead atoms. The third kappa shape index (κ3) is 3.23. The van der Waals surface area contributed by atoms with Gasteiger partial charge in [0.2, 0.25) is 0 Å². The summed E-state index contributed by atoms with van der Waals surface area (Å²) >= 11 is 0. The van der Waals surface area contributed by atoms with Gasteiger partial charge in [0.05, 0.1) is 19.3 Å². The highest BCUT2D eigenvalue weighted by Crippen LogP contribution is 2.15. The third-order valence-electron chi connectivity index (χ3n) is 3.04. The Labute approximate surface area is 102 Å². The van der Waals surface area contributed by atoms with Gasteiger partial charge in [0.15, 0.2) is 0 Å². The van der Waals surface area contributed by atoms with Crippen LogP contribution in [0.5, 0.6) is 0 Å². The summed E-state index contributed by atoms with van der Waals surface area (Å²) < 4.78 is 5.32. The first-order valence-corrected chi connectivity index (χ1v) is 6.00. The smallest absolute Gasteiger partial charge is 0.0608 e. The Morgan fingerprint density at radius 1 is 1.53 bits per heavy atom. The molecule has 0 aliphatic carbocycles. The molecule has 2 rings (SSSR count). The standard InChI is InChI=1S/C12H20N4O/c1-10-2-3-14-9-11(10)12(8-13)15-16-4-6-17-7-5-16/h2-3,9,12,15H,4-8,13H2,1H3. The van der Waals surface area contributed by atoms with Gasteiger partial charge >= 0.3 is 0 Å². The highest BCUT2D eigenvalue weighted by molar-refractivity contribution is 5.25. The number of aromatic nitrogens is 1. The van der Waals surface area contributed by atoms with E-state index in [2.05, 4.69) is 22.3 Å². The first-order valence-electron chi connectivity index (χ1n) is 6.00. The molecule has 1 aliphatic rings. The van der Waals surface area contributed by atoms with E-state index in [1.807, 2.05) is 12.3 Å². The topological polar surface area (TPSA) is 63.4 Å². The van der Waals surface area contributed by atoms with Gasteiger partial charge in [-0.25, -0.2) is 10.4 Å². The number of hydrazine groups is 1. The quantitative estimate of drug-likeness (QED) is 0.783. The Balaban J connectivity index is 2.03. The van der Waals surface area contributed by atoms with E-state index in [4.69, 9.17) is 10.5 Å². The second kappa shape index (κ2) is 6.07. The Morgan fingerprint density at radius 3 is 2.94 bits per heavy atom. The minimum atomic E-state index is 0.127. The average molecular weight is 236 g/mol. The number of ether oxygens (including phenoxy) is 1. The fourth-order valence-electron chi connectivity index (χ4n) is 2.00. The molecule has 0 radical (unpaired) electrons. The van der Waals surface area contributed by atoms with Crippen molar-refractivity contribution < 1.29 is 4.74 Å². The lowest BCUT2D eigenvalue weighted by atomic mass is 10.0. The molecule has 1 aliphatic heterocycles. The van der Waals surface area contributed by atoms with Crippen LogP contribution >= 0.6 is 0 Å². The summed E-state index contributed by atoms with van der Waals surface area (Å²) in [4.78, 5) is 4.17. The molecule has 1 saturated heterocycles. The van der Waals surface area contributed by atoms with Crippen molar-refractivity contribution in [1.82, 2.24) is 15.4 Å². The highest BCUT2D eigenvalue weighted by Gasteiger charge is 2.17. The number of pyridine rings is 1. The zero-order chi connectivity index (χ0) is 12.1. The van der Waals surface area contributed by atoms with Crippen molar-refractivity contribution in [3.63, 3.8) is 0 Å². The molecule has 1 unspecified atom stereocenters. The lowest BCUT2D eigenvalue weighted by molar-refractivity contribution is 0.00398. The molecule has 3 N–H and O–H groups in total. The molecule has 0 aromatic carbocycles. The molecule has 0 amide bonds. The van der Waals surface area contributed by atoms with Crippen LogP contribution in [0.4, 0.5) is 0 Å². The number of nitrogens with zero attached hydrogens (tertiary/aromatic N) is 2. The lowest BCUT2D eigenvalue weighted by Gasteiger charge is -2.31. The molecule has 94 valence electrons. The van der Waals surface area contributed by atoms with E-state index in [1.165, 1.54) is 11.1 Å². The van der Waals surface area contributed by atoms with Crippen molar-refractivity contribution >= 4 is 0 Å². The Hall–Kier alpha value is -1.01. The van der Waals surface area contributed by atoms with Gasteiger partial charge in [0, 0.05) is 32.0 Å². The van der Waals surface area contributed by atoms with E-state index in [0.29, 0.717) is 6.54 Å². The molecule has 5 heteroatoms. The van der Waals surface area contributed by atoms with Crippen LogP contribution in [0.1, 0.15) is 17.2 Å². The monoisotopic (exact) mass is 236 g/mol. The molecule has 1 atom stereocenters. The molecular weight excluding hydrogens is 216 g/mol. The molecule has 0 spiro atoms. The maximum Gasteiger partial charge on any atom is 0.0608 e. The van der Waals surface area contributed by atoms with Gasteiger partial charge in [0.1, 0.15) is 0 Å². The van der Waals surface area contributed by atoms with Gasteiger partial charge in [-0.1, -0.05) is 0 Å². The highest BCUT2D eigenvalue weighted by atomic mass is 16.5. The van der Waals surface area contributed by atoms with Gasteiger partial charge < -0.3 is 10.5 Å². The number of hydrogen-bond donors (Lipinski definition) is 2. The average Bonchev–Trinajstić information content (AvgIpc) is 2.38. The normalized spacial score (nSPS) is 19.2. The van der Waals surface area contributed by atoms with E-state index < -0.39 is 0 Å². The van der Waals surface area contributed by atoms with Crippen LogP contribution < -0.4 is 11.2 Å². The van der Waals surface area contributed by atoms with E-state index in [1.54, 1.807) is 6.20 Å². The first-order chi connectivity index (χ1) is 8.31. The predicted molar refractivity (Wildman–Crippen MR) is 66.3 cm³/mol. The zero-order valence-electron chi connectivity index (χ0n) is 10.2. The van der Waals surface area contributed by atoms with Crippen molar-refractivity contribution in [2.45, 2.75) is 13.0 Å². The van der Waals surface area contributed by atoms with Gasteiger partial charge in [-0.05, 0) is 24.1 Å². The molecule has 2 heterocycles. The Kier molecular flexibility index (Phi) is 4.44. The SMILES string of the molecule is Cc1ccncc1C(CN)NN1CCOCC1. The largest absolute Gasteiger partial charge is 0.379 e. The van der Waals surface area contributed by atoms with Crippen molar-refractivity contribution in [2.24, 2.45) is 5.73 Å². The maximum atomic E-state index is 5.84.